The van der Waals surface area contributed by atoms with E-state index in [9.17, 15) is 4.79 Å². The lowest BCUT2D eigenvalue weighted by Gasteiger charge is -2.11. The van der Waals surface area contributed by atoms with Crippen molar-refractivity contribution < 1.29 is 13.9 Å². The second kappa shape index (κ2) is 9.00. The predicted octanol–water partition coefficient (Wildman–Crippen LogP) is 3.45. The Hall–Kier alpha value is -3.33. The highest BCUT2D eigenvalue weighted by Gasteiger charge is 2.16. The van der Waals surface area contributed by atoms with Gasteiger partial charge >= 0.3 is 0 Å². The van der Waals surface area contributed by atoms with Crippen molar-refractivity contribution in [1.82, 2.24) is 25.5 Å². The van der Waals surface area contributed by atoms with E-state index < -0.39 is 0 Å². The van der Waals surface area contributed by atoms with Crippen LogP contribution in [-0.2, 0) is 11.3 Å². The third kappa shape index (κ3) is 4.62. The molecule has 1 amide bonds. The first-order chi connectivity index (χ1) is 14.6. The van der Waals surface area contributed by atoms with Gasteiger partial charge in [-0.3, -0.25) is 4.79 Å². The lowest BCUT2D eigenvalue weighted by Crippen LogP contribution is -2.28. The van der Waals surface area contributed by atoms with E-state index in [1.807, 2.05) is 61.5 Å². The number of methoxy groups -OCH3 is 1. The highest BCUT2D eigenvalue weighted by Crippen LogP contribution is 2.24. The number of furan rings is 1. The van der Waals surface area contributed by atoms with Crippen LogP contribution in [0.1, 0.15) is 24.3 Å². The molecule has 8 nitrogen and oxygen atoms in total. The first-order valence-corrected chi connectivity index (χ1v) is 10.4. The number of rotatable bonds is 8. The molecule has 9 heteroatoms. The number of nitrogens with zero attached hydrogens (tertiary/aromatic N) is 4. The van der Waals surface area contributed by atoms with E-state index in [0.717, 1.165) is 28.0 Å². The molecule has 0 bridgehead atoms. The molecule has 1 N–H and O–H groups in total. The number of hydrogen-bond donors (Lipinski definition) is 1. The summed E-state index contributed by atoms with van der Waals surface area (Å²) in [4.78, 5) is 12.4. The Labute approximate surface area is 177 Å². The van der Waals surface area contributed by atoms with Gasteiger partial charge in [0.15, 0.2) is 0 Å². The van der Waals surface area contributed by atoms with Gasteiger partial charge in [-0.25, -0.2) is 4.68 Å². The zero-order chi connectivity index (χ0) is 20.9. The summed E-state index contributed by atoms with van der Waals surface area (Å²) in [5.41, 5.74) is 1.84. The van der Waals surface area contributed by atoms with E-state index in [1.54, 1.807) is 11.8 Å². The van der Waals surface area contributed by atoms with E-state index in [4.69, 9.17) is 9.15 Å². The lowest BCUT2D eigenvalue weighted by molar-refractivity contribution is -0.119. The van der Waals surface area contributed by atoms with Gasteiger partial charge in [0.1, 0.15) is 17.1 Å². The number of amides is 1. The monoisotopic (exact) mass is 423 g/mol. The molecule has 1 unspecified atom stereocenters. The van der Waals surface area contributed by atoms with E-state index in [0.29, 0.717) is 11.7 Å². The Kier molecular flexibility index (Phi) is 5.99. The van der Waals surface area contributed by atoms with E-state index >= 15 is 0 Å². The fourth-order valence-corrected chi connectivity index (χ4v) is 3.69. The van der Waals surface area contributed by atoms with Gasteiger partial charge in [-0.05, 0) is 47.2 Å². The first-order valence-electron chi connectivity index (χ1n) is 9.42. The minimum absolute atomic E-state index is 0.119. The molecule has 4 rings (SSSR count). The molecule has 0 radical (unpaired) electrons. The van der Waals surface area contributed by atoms with Crippen molar-refractivity contribution in [3.05, 3.63) is 65.9 Å². The van der Waals surface area contributed by atoms with Gasteiger partial charge in [-0.1, -0.05) is 42.1 Å². The van der Waals surface area contributed by atoms with E-state index in [-0.39, 0.29) is 17.7 Å². The molecule has 4 aromatic rings. The summed E-state index contributed by atoms with van der Waals surface area (Å²) in [6, 6.07) is 17.2. The van der Waals surface area contributed by atoms with Crippen LogP contribution in [0.4, 0.5) is 0 Å². The minimum Gasteiger partial charge on any atom is -0.497 e. The van der Waals surface area contributed by atoms with Crippen LogP contribution in [0.2, 0.25) is 0 Å². The molecular weight excluding hydrogens is 402 g/mol. The van der Waals surface area contributed by atoms with Crippen LogP contribution in [0.25, 0.3) is 11.0 Å². The molecule has 0 aliphatic heterocycles. The van der Waals surface area contributed by atoms with Gasteiger partial charge in [0.2, 0.25) is 11.1 Å². The smallest absolute Gasteiger partial charge is 0.231 e. The second-order valence-electron chi connectivity index (χ2n) is 6.73. The molecule has 2 aromatic heterocycles. The number of ether oxygens (including phenoxy) is 1. The molecule has 0 aliphatic carbocycles. The quantitative estimate of drug-likeness (QED) is 0.434. The standard InChI is InChI=1S/C21H21N5O3S/c1-14(19-11-16-5-3-4-6-18(16)29-19)22-20(27)13-30-21-23-24-25-26(21)12-15-7-9-17(28-2)10-8-15/h3-11,14H,12-13H2,1-2H3,(H,22,27). The normalized spacial score (nSPS) is 12.1. The Bertz CT molecular complexity index is 1110. The molecule has 0 aliphatic rings. The van der Waals surface area contributed by atoms with Gasteiger partial charge in [0.05, 0.1) is 25.4 Å². The fraction of sp³-hybridized carbons (Fsp3) is 0.238. The number of fused-ring (bicyclic) bond motifs is 1. The number of nitrogens with one attached hydrogen (secondary N) is 1. The molecule has 1 atom stereocenters. The van der Waals surface area contributed by atoms with Gasteiger partial charge in [0, 0.05) is 5.39 Å². The third-order valence-corrected chi connectivity index (χ3v) is 5.53. The molecule has 0 spiro atoms. The number of aromatic nitrogens is 4. The van der Waals surface area contributed by atoms with Crippen molar-refractivity contribution in [2.24, 2.45) is 0 Å². The van der Waals surface area contributed by atoms with Crippen LogP contribution in [0.3, 0.4) is 0 Å². The summed E-state index contributed by atoms with van der Waals surface area (Å²) in [5, 5.41) is 16.3. The molecule has 0 saturated heterocycles. The number of carbonyl (C=O) groups excluding carboxylic acids is 1. The summed E-state index contributed by atoms with van der Waals surface area (Å²) in [6.07, 6.45) is 0. The lowest BCUT2D eigenvalue weighted by atomic mass is 10.2. The van der Waals surface area contributed by atoms with Crippen LogP contribution >= 0.6 is 11.8 Å². The van der Waals surface area contributed by atoms with Gasteiger partial charge in [-0.2, -0.15) is 0 Å². The average molecular weight is 423 g/mol. The second-order valence-corrected chi connectivity index (χ2v) is 7.67. The maximum Gasteiger partial charge on any atom is 0.231 e. The molecule has 30 heavy (non-hydrogen) atoms. The van der Waals surface area contributed by atoms with Crippen LogP contribution in [0, 0.1) is 0 Å². The number of tetrazole rings is 1. The molecule has 2 heterocycles. The maximum atomic E-state index is 12.4. The van der Waals surface area contributed by atoms with Crippen molar-refractivity contribution in [2.45, 2.75) is 24.7 Å². The number of benzene rings is 2. The van der Waals surface area contributed by atoms with Crippen LogP contribution in [0.15, 0.2) is 64.2 Å². The van der Waals surface area contributed by atoms with Crippen LogP contribution in [0.5, 0.6) is 5.75 Å². The Morgan fingerprint density at radius 2 is 2.03 bits per heavy atom. The summed E-state index contributed by atoms with van der Waals surface area (Å²) in [5.74, 6) is 1.60. The van der Waals surface area contributed by atoms with E-state index in [1.165, 1.54) is 11.8 Å². The van der Waals surface area contributed by atoms with Gasteiger partial charge in [0.25, 0.3) is 0 Å². The van der Waals surface area contributed by atoms with Crippen molar-refractivity contribution in [2.75, 3.05) is 12.9 Å². The molecule has 2 aromatic carbocycles. The van der Waals surface area contributed by atoms with Crippen molar-refractivity contribution in [3.63, 3.8) is 0 Å². The summed E-state index contributed by atoms with van der Waals surface area (Å²) >= 11 is 1.29. The number of thioether (sulfide) groups is 1. The third-order valence-electron chi connectivity index (χ3n) is 4.57. The SMILES string of the molecule is COc1ccc(Cn2nnnc2SCC(=O)NC(C)c2cc3ccccc3o2)cc1. The first kappa shape index (κ1) is 20.0. The summed E-state index contributed by atoms with van der Waals surface area (Å²) in [7, 11) is 1.63. The Morgan fingerprint density at radius 3 is 2.80 bits per heavy atom. The average Bonchev–Trinajstić information content (AvgIpc) is 3.39. The zero-order valence-electron chi connectivity index (χ0n) is 16.6. The molecular formula is C21H21N5O3S. The Balaban J connectivity index is 1.33. The van der Waals surface area contributed by atoms with Crippen LogP contribution in [-0.4, -0.2) is 39.0 Å². The number of para-hydroxylation sites is 1. The Morgan fingerprint density at radius 1 is 1.23 bits per heavy atom. The predicted molar refractivity (Wildman–Crippen MR) is 113 cm³/mol. The zero-order valence-corrected chi connectivity index (χ0v) is 17.4. The minimum atomic E-state index is -0.235. The van der Waals surface area contributed by atoms with Crippen molar-refractivity contribution in [3.8, 4) is 5.75 Å². The summed E-state index contributed by atoms with van der Waals surface area (Å²) in [6.45, 7) is 2.41. The number of carbonyl (C=O) groups is 1. The maximum absolute atomic E-state index is 12.4. The fourth-order valence-electron chi connectivity index (χ4n) is 3.00. The van der Waals surface area contributed by atoms with Gasteiger partial charge < -0.3 is 14.5 Å². The van der Waals surface area contributed by atoms with Crippen molar-refractivity contribution in [1.29, 1.82) is 0 Å². The highest BCUT2D eigenvalue weighted by atomic mass is 32.2. The highest BCUT2D eigenvalue weighted by molar-refractivity contribution is 7.99. The van der Waals surface area contributed by atoms with Gasteiger partial charge in [-0.15, -0.1) is 5.10 Å². The number of hydrogen-bond acceptors (Lipinski definition) is 7. The van der Waals surface area contributed by atoms with Crippen molar-refractivity contribution >= 4 is 28.6 Å². The molecule has 0 saturated carbocycles. The topological polar surface area (TPSA) is 95.1 Å². The van der Waals surface area contributed by atoms with E-state index in [2.05, 4.69) is 20.8 Å². The molecule has 154 valence electrons. The molecule has 0 fully saturated rings. The largest absolute Gasteiger partial charge is 0.497 e. The summed E-state index contributed by atoms with van der Waals surface area (Å²) < 4.78 is 12.7. The van der Waals surface area contributed by atoms with Crippen LogP contribution < -0.4 is 10.1 Å².